The molecule has 1 fully saturated rings. The number of hydrogen-bond acceptors (Lipinski definition) is 6. The second-order valence-electron chi connectivity index (χ2n) is 12.7. The number of esters is 1. The maximum absolute atomic E-state index is 13.1. The Morgan fingerprint density at radius 2 is 1.51 bits per heavy atom. The highest BCUT2D eigenvalue weighted by molar-refractivity contribution is 6.99. The molecule has 1 amide bonds. The zero-order valence-corrected chi connectivity index (χ0v) is 25.6. The van der Waals surface area contributed by atoms with Gasteiger partial charge in [0.05, 0.1) is 23.7 Å². The van der Waals surface area contributed by atoms with Gasteiger partial charge in [0.15, 0.2) is 11.3 Å². The SMILES string of the molecule is CC1CCC(OC(=O)c2cnc3c(n2)CCC(O[Si](c2ccccc2)(c2ccccc2)C(C)(C)C)C3)(C(N)=O)CC1. The monoisotopic (exact) mass is 571 g/mol. The molecule has 216 valence electrons. The van der Waals surface area contributed by atoms with E-state index in [0.29, 0.717) is 31.6 Å². The summed E-state index contributed by atoms with van der Waals surface area (Å²) in [4.78, 5) is 34.7. The quantitative estimate of drug-likeness (QED) is 0.331. The van der Waals surface area contributed by atoms with Gasteiger partial charge in [-0.1, -0.05) is 88.4 Å². The molecular weight excluding hydrogens is 530 g/mol. The van der Waals surface area contributed by atoms with Crippen LogP contribution >= 0.6 is 0 Å². The van der Waals surface area contributed by atoms with Gasteiger partial charge in [0.1, 0.15) is 0 Å². The van der Waals surface area contributed by atoms with Gasteiger partial charge in [-0.3, -0.25) is 9.78 Å². The van der Waals surface area contributed by atoms with Crippen molar-refractivity contribution in [2.24, 2.45) is 11.7 Å². The average molecular weight is 572 g/mol. The van der Waals surface area contributed by atoms with Crippen molar-refractivity contribution in [1.82, 2.24) is 9.97 Å². The van der Waals surface area contributed by atoms with Gasteiger partial charge in [0.25, 0.3) is 14.2 Å². The van der Waals surface area contributed by atoms with E-state index in [2.05, 4.69) is 86.2 Å². The molecule has 8 heteroatoms. The Balaban J connectivity index is 1.39. The molecule has 7 nitrogen and oxygen atoms in total. The Morgan fingerprint density at radius 1 is 0.927 bits per heavy atom. The molecule has 5 rings (SSSR count). The molecule has 1 saturated carbocycles. The topological polar surface area (TPSA) is 104 Å². The van der Waals surface area contributed by atoms with E-state index in [4.69, 9.17) is 14.9 Å². The Morgan fingerprint density at radius 3 is 2.05 bits per heavy atom. The van der Waals surface area contributed by atoms with Crippen LogP contribution in [-0.4, -0.2) is 41.9 Å². The van der Waals surface area contributed by atoms with Gasteiger partial charge in [-0.15, -0.1) is 0 Å². The summed E-state index contributed by atoms with van der Waals surface area (Å²) in [6, 6.07) is 21.3. The minimum atomic E-state index is -2.70. The summed E-state index contributed by atoms with van der Waals surface area (Å²) >= 11 is 0. The van der Waals surface area contributed by atoms with Gasteiger partial charge in [0.2, 0.25) is 0 Å². The smallest absolute Gasteiger partial charge is 0.359 e. The van der Waals surface area contributed by atoms with Crippen LogP contribution in [0.4, 0.5) is 0 Å². The summed E-state index contributed by atoms with van der Waals surface area (Å²) in [6.45, 7) is 8.96. The number of aromatic nitrogens is 2. The summed E-state index contributed by atoms with van der Waals surface area (Å²) in [5.74, 6) is -0.755. The van der Waals surface area contributed by atoms with Crippen LogP contribution in [0.5, 0.6) is 0 Å². The normalized spacial score (nSPS) is 22.9. The summed E-state index contributed by atoms with van der Waals surface area (Å²) in [6.07, 6.45) is 5.92. The lowest BCUT2D eigenvalue weighted by atomic mass is 9.79. The number of benzene rings is 2. The van der Waals surface area contributed by atoms with Crippen LogP contribution < -0.4 is 16.1 Å². The largest absolute Gasteiger partial charge is 0.444 e. The molecule has 0 spiro atoms. The standard InChI is InChI=1S/C33H41N3O4Si/c1-23-17-19-33(20-18-23,31(34)38)39-30(37)29-22-35-28-21-24(15-16-27(28)36-29)40-41(32(2,3)4,25-11-7-5-8-12-25)26-13-9-6-10-14-26/h5-14,22-24H,15-21H2,1-4H3,(H2,34,38). The summed E-state index contributed by atoms with van der Waals surface area (Å²) < 4.78 is 13.1. The Labute approximate surface area is 244 Å². The van der Waals surface area contributed by atoms with Crippen LogP contribution in [0.1, 0.15) is 81.7 Å². The fourth-order valence-corrected chi connectivity index (χ4v) is 11.2. The number of nitrogens with two attached hydrogens (primary N) is 1. The van der Waals surface area contributed by atoms with Crippen LogP contribution in [0, 0.1) is 5.92 Å². The van der Waals surface area contributed by atoms with E-state index in [1.54, 1.807) is 0 Å². The lowest BCUT2D eigenvalue weighted by molar-refractivity contribution is -0.141. The van der Waals surface area contributed by atoms with Gasteiger partial charge in [-0.2, -0.15) is 0 Å². The fraction of sp³-hybridized carbons (Fsp3) is 0.455. The molecule has 2 aliphatic carbocycles. The molecule has 41 heavy (non-hydrogen) atoms. The molecule has 0 bridgehead atoms. The number of carbonyl (C=O) groups excluding carboxylic acids is 2. The molecule has 1 unspecified atom stereocenters. The van der Waals surface area contributed by atoms with E-state index in [-0.39, 0.29) is 16.8 Å². The van der Waals surface area contributed by atoms with E-state index in [9.17, 15) is 9.59 Å². The maximum Gasteiger partial charge on any atom is 0.359 e. The molecule has 2 aliphatic rings. The number of carbonyl (C=O) groups is 2. The molecule has 1 heterocycles. The van der Waals surface area contributed by atoms with E-state index in [1.807, 2.05) is 12.1 Å². The predicted octanol–water partition coefficient (Wildman–Crippen LogP) is 4.50. The zero-order chi connectivity index (χ0) is 29.3. The van der Waals surface area contributed by atoms with Crippen molar-refractivity contribution < 1.29 is 18.8 Å². The Kier molecular flexibility index (Phi) is 8.17. The van der Waals surface area contributed by atoms with Gasteiger partial charge in [-0.05, 0) is 59.9 Å². The number of primary amides is 1. The van der Waals surface area contributed by atoms with Gasteiger partial charge < -0.3 is 14.9 Å². The number of rotatable bonds is 7. The van der Waals surface area contributed by atoms with E-state index >= 15 is 0 Å². The highest BCUT2D eigenvalue weighted by Crippen LogP contribution is 2.39. The maximum atomic E-state index is 13.1. The van der Waals surface area contributed by atoms with Crippen molar-refractivity contribution in [3.63, 3.8) is 0 Å². The van der Waals surface area contributed by atoms with Crippen LogP contribution in [0.2, 0.25) is 5.04 Å². The molecule has 2 aromatic carbocycles. The lowest BCUT2D eigenvalue weighted by Crippen LogP contribution is -2.68. The first-order valence-electron chi connectivity index (χ1n) is 14.7. The molecule has 1 atom stereocenters. The predicted molar refractivity (Wildman–Crippen MR) is 162 cm³/mol. The van der Waals surface area contributed by atoms with Crippen LogP contribution in [-0.2, 0) is 26.8 Å². The second-order valence-corrected chi connectivity index (χ2v) is 17.0. The van der Waals surface area contributed by atoms with E-state index in [1.165, 1.54) is 16.6 Å². The molecule has 1 aromatic heterocycles. The third-order valence-corrected chi connectivity index (χ3v) is 13.9. The molecule has 0 radical (unpaired) electrons. The van der Waals surface area contributed by atoms with Gasteiger partial charge >= 0.3 is 5.97 Å². The zero-order valence-electron chi connectivity index (χ0n) is 24.6. The number of ether oxygens (including phenoxy) is 1. The first kappa shape index (κ1) is 29.1. The van der Waals surface area contributed by atoms with Crippen molar-refractivity contribution in [2.75, 3.05) is 0 Å². The van der Waals surface area contributed by atoms with E-state index < -0.39 is 25.8 Å². The Bertz CT molecular complexity index is 1340. The summed E-state index contributed by atoms with van der Waals surface area (Å²) in [5.41, 5.74) is 6.18. The number of nitrogens with zero attached hydrogens (tertiary/aromatic N) is 2. The van der Waals surface area contributed by atoms with Gasteiger partial charge in [0, 0.05) is 6.42 Å². The molecular formula is C33H41N3O4Si. The molecule has 0 aliphatic heterocycles. The van der Waals surface area contributed by atoms with Crippen LogP contribution in [0.15, 0.2) is 66.9 Å². The van der Waals surface area contributed by atoms with Crippen LogP contribution in [0.25, 0.3) is 0 Å². The minimum absolute atomic E-state index is 0.0386. The third kappa shape index (κ3) is 5.72. The summed E-state index contributed by atoms with van der Waals surface area (Å²) in [5, 5.41) is 2.37. The average Bonchev–Trinajstić information content (AvgIpc) is 2.97. The highest BCUT2D eigenvalue weighted by atomic mass is 28.4. The lowest BCUT2D eigenvalue weighted by Gasteiger charge is -2.45. The minimum Gasteiger partial charge on any atom is -0.444 e. The van der Waals surface area contributed by atoms with Crippen LogP contribution in [0.3, 0.4) is 0 Å². The number of hydrogen-bond donors (Lipinski definition) is 1. The highest BCUT2D eigenvalue weighted by Gasteiger charge is 2.51. The second kappa shape index (κ2) is 11.5. The first-order chi connectivity index (χ1) is 19.5. The Hall–Kier alpha value is -3.36. The number of amides is 1. The number of aryl methyl sites for hydroxylation is 1. The van der Waals surface area contributed by atoms with Crippen molar-refractivity contribution in [1.29, 1.82) is 0 Å². The third-order valence-electron chi connectivity index (χ3n) is 8.84. The van der Waals surface area contributed by atoms with E-state index in [0.717, 1.165) is 30.7 Å². The molecule has 2 N–H and O–H groups in total. The van der Waals surface area contributed by atoms with Crippen molar-refractivity contribution in [3.8, 4) is 0 Å². The fourth-order valence-electron chi connectivity index (χ4n) is 6.44. The van der Waals surface area contributed by atoms with Crippen molar-refractivity contribution in [2.45, 2.75) is 89.4 Å². The molecule has 3 aromatic rings. The number of fused-ring (bicyclic) bond motifs is 1. The van der Waals surface area contributed by atoms with Crippen molar-refractivity contribution >= 4 is 30.6 Å². The van der Waals surface area contributed by atoms with Crippen molar-refractivity contribution in [3.05, 3.63) is 83.9 Å². The summed E-state index contributed by atoms with van der Waals surface area (Å²) in [7, 11) is -2.70. The molecule has 0 saturated heterocycles. The first-order valence-corrected chi connectivity index (χ1v) is 16.6. The van der Waals surface area contributed by atoms with Gasteiger partial charge in [-0.25, -0.2) is 9.78 Å².